The highest BCUT2D eigenvalue weighted by Gasteiger charge is 2.26. The molecule has 3 aromatic rings. The van der Waals surface area contributed by atoms with E-state index in [-0.39, 0.29) is 17.6 Å². The number of aromatic nitrogens is 2. The molecule has 1 amide bonds. The second-order valence-corrected chi connectivity index (χ2v) is 7.16. The van der Waals surface area contributed by atoms with E-state index >= 15 is 0 Å². The molecule has 7 heteroatoms. The van der Waals surface area contributed by atoms with E-state index in [0.717, 1.165) is 11.3 Å². The van der Waals surface area contributed by atoms with Gasteiger partial charge in [-0.25, -0.2) is 4.98 Å². The topological polar surface area (TPSA) is 73.2 Å². The third-order valence-corrected chi connectivity index (χ3v) is 4.97. The summed E-state index contributed by atoms with van der Waals surface area (Å²) in [5.41, 5.74) is 2.06. The molecule has 0 saturated heterocycles. The van der Waals surface area contributed by atoms with Gasteiger partial charge in [-0.1, -0.05) is 11.6 Å². The molecule has 0 bridgehead atoms. The molecular formula is C21H18ClN3O3. The number of halogens is 1. The molecule has 1 unspecified atom stereocenters. The van der Waals surface area contributed by atoms with E-state index in [4.69, 9.17) is 16.3 Å². The molecule has 0 radical (unpaired) electrons. The van der Waals surface area contributed by atoms with Gasteiger partial charge in [-0.05, 0) is 54.4 Å². The molecule has 0 aliphatic carbocycles. The van der Waals surface area contributed by atoms with Crippen molar-refractivity contribution in [2.45, 2.75) is 6.42 Å². The van der Waals surface area contributed by atoms with Crippen LogP contribution in [-0.2, 0) is 18.3 Å². The summed E-state index contributed by atoms with van der Waals surface area (Å²) in [5, 5.41) is 3.51. The second kappa shape index (κ2) is 7.48. The first-order chi connectivity index (χ1) is 13.5. The molecule has 0 spiro atoms. The zero-order valence-electron chi connectivity index (χ0n) is 15.2. The van der Waals surface area contributed by atoms with Gasteiger partial charge in [0.25, 0.3) is 0 Å². The smallest absolute Gasteiger partial charge is 0.231 e. The van der Waals surface area contributed by atoms with E-state index in [0.29, 0.717) is 35.1 Å². The van der Waals surface area contributed by atoms with Crippen LogP contribution in [0.4, 0.5) is 5.69 Å². The largest absolute Gasteiger partial charge is 0.492 e. The Labute approximate surface area is 167 Å². The first-order valence-corrected chi connectivity index (χ1v) is 9.23. The van der Waals surface area contributed by atoms with Gasteiger partial charge >= 0.3 is 0 Å². The van der Waals surface area contributed by atoms with Crippen molar-refractivity contribution in [3.63, 3.8) is 0 Å². The molecule has 0 fully saturated rings. The van der Waals surface area contributed by atoms with Gasteiger partial charge in [0.15, 0.2) is 5.82 Å². The average molecular weight is 396 g/mol. The van der Waals surface area contributed by atoms with Crippen LogP contribution in [0, 0.1) is 5.92 Å². The molecule has 1 aromatic heterocycles. The maximum absolute atomic E-state index is 12.6. The number of carbonyl (C=O) groups is 2. The summed E-state index contributed by atoms with van der Waals surface area (Å²) in [6.07, 6.45) is 3.87. The highest BCUT2D eigenvalue weighted by molar-refractivity contribution is 6.30. The van der Waals surface area contributed by atoms with Crippen molar-refractivity contribution in [3.05, 3.63) is 76.8 Å². The Balaban J connectivity index is 1.43. The molecule has 0 saturated carbocycles. The predicted molar refractivity (Wildman–Crippen MR) is 106 cm³/mol. The van der Waals surface area contributed by atoms with E-state index in [1.165, 1.54) is 0 Å². The van der Waals surface area contributed by atoms with E-state index in [2.05, 4.69) is 10.3 Å². The van der Waals surface area contributed by atoms with Gasteiger partial charge in [0.2, 0.25) is 11.7 Å². The van der Waals surface area contributed by atoms with Crippen molar-refractivity contribution in [3.8, 4) is 5.75 Å². The number of benzene rings is 2. The summed E-state index contributed by atoms with van der Waals surface area (Å²) in [5.74, 6) is 0.534. The molecule has 4 rings (SSSR count). The Morgan fingerprint density at radius 1 is 1.21 bits per heavy atom. The van der Waals surface area contributed by atoms with Crippen molar-refractivity contribution in [2.24, 2.45) is 13.0 Å². The maximum atomic E-state index is 12.6. The van der Waals surface area contributed by atoms with Crippen LogP contribution in [-0.4, -0.2) is 27.8 Å². The minimum Gasteiger partial charge on any atom is -0.492 e. The van der Waals surface area contributed by atoms with Crippen LogP contribution in [0.25, 0.3) is 0 Å². The van der Waals surface area contributed by atoms with Crippen LogP contribution in [0.1, 0.15) is 21.7 Å². The molecule has 28 heavy (non-hydrogen) atoms. The number of ether oxygens (including phenoxy) is 1. The van der Waals surface area contributed by atoms with Crippen molar-refractivity contribution < 1.29 is 14.3 Å². The van der Waals surface area contributed by atoms with Gasteiger partial charge in [-0.15, -0.1) is 0 Å². The normalized spacial score (nSPS) is 15.4. The lowest BCUT2D eigenvalue weighted by Gasteiger charge is -2.24. The number of aryl methyl sites for hydroxylation is 1. The summed E-state index contributed by atoms with van der Waals surface area (Å²) in [6.45, 7) is 0.316. The Hall–Kier alpha value is -3.12. The van der Waals surface area contributed by atoms with E-state index in [1.54, 1.807) is 54.3 Å². The van der Waals surface area contributed by atoms with Crippen LogP contribution in [0.2, 0.25) is 5.02 Å². The Morgan fingerprint density at radius 3 is 2.71 bits per heavy atom. The second-order valence-electron chi connectivity index (χ2n) is 6.72. The standard InChI is InChI=1S/C21H18ClN3O3/c1-25-9-8-23-20(25)19(26)13-2-5-17(6-3-13)24-21(27)15-10-14-11-16(22)4-7-18(14)28-12-15/h2-9,11,15H,10,12H2,1H3,(H,24,27). The van der Waals surface area contributed by atoms with Gasteiger partial charge < -0.3 is 14.6 Å². The lowest BCUT2D eigenvalue weighted by atomic mass is 9.96. The highest BCUT2D eigenvalue weighted by atomic mass is 35.5. The number of amides is 1. The summed E-state index contributed by atoms with van der Waals surface area (Å²) >= 11 is 6.03. The van der Waals surface area contributed by atoms with Crippen LogP contribution in [0.3, 0.4) is 0 Å². The Kier molecular flexibility index (Phi) is 4.88. The molecule has 1 N–H and O–H groups in total. The lowest BCUT2D eigenvalue weighted by molar-refractivity contribution is -0.121. The van der Waals surface area contributed by atoms with Gasteiger partial charge in [-0.2, -0.15) is 0 Å². The number of rotatable bonds is 4. The zero-order valence-corrected chi connectivity index (χ0v) is 15.9. The fourth-order valence-electron chi connectivity index (χ4n) is 3.19. The summed E-state index contributed by atoms with van der Waals surface area (Å²) in [4.78, 5) is 29.1. The van der Waals surface area contributed by atoms with Crippen LogP contribution < -0.4 is 10.1 Å². The van der Waals surface area contributed by atoms with Gasteiger partial charge in [0, 0.05) is 35.7 Å². The minimum atomic E-state index is -0.306. The van der Waals surface area contributed by atoms with Crippen molar-refractivity contribution in [1.82, 2.24) is 9.55 Å². The summed E-state index contributed by atoms with van der Waals surface area (Å²) < 4.78 is 7.35. The fourth-order valence-corrected chi connectivity index (χ4v) is 3.39. The number of hydrogen-bond acceptors (Lipinski definition) is 4. The van der Waals surface area contributed by atoms with E-state index in [1.807, 2.05) is 12.1 Å². The zero-order chi connectivity index (χ0) is 19.7. The summed E-state index contributed by atoms with van der Waals surface area (Å²) in [6, 6.07) is 12.2. The summed E-state index contributed by atoms with van der Waals surface area (Å²) in [7, 11) is 1.77. The van der Waals surface area contributed by atoms with Gasteiger partial charge in [-0.3, -0.25) is 9.59 Å². The van der Waals surface area contributed by atoms with E-state index in [9.17, 15) is 9.59 Å². The number of hydrogen-bond donors (Lipinski definition) is 1. The minimum absolute atomic E-state index is 0.131. The number of nitrogens with zero attached hydrogens (tertiary/aromatic N) is 2. The van der Waals surface area contributed by atoms with Crippen molar-refractivity contribution in [1.29, 1.82) is 0 Å². The predicted octanol–water partition coefficient (Wildman–Crippen LogP) is 3.49. The third-order valence-electron chi connectivity index (χ3n) is 4.74. The molecule has 1 atom stereocenters. The van der Waals surface area contributed by atoms with Gasteiger partial charge in [0.1, 0.15) is 12.4 Å². The first kappa shape index (κ1) is 18.3. The quantitative estimate of drug-likeness (QED) is 0.686. The van der Waals surface area contributed by atoms with Crippen LogP contribution in [0.15, 0.2) is 54.9 Å². The lowest BCUT2D eigenvalue weighted by Crippen LogP contribution is -2.32. The fraction of sp³-hybridized carbons (Fsp3) is 0.190. The molecular weight excluding hydrogens is 378 g/mol. The van der Waals surface area contributed by atoms with Crippen molar-refractivity contribution >= 4 is 29.0 Å². The SMILES string of the molecule is Cn1ccnc1C(=O)c1ccc(NC(=O)C2COc3ccc(Cl)cc3C2)cc1. The number of ketones is 1. The Morgan fingerprint density at radius 2 is 2.00 bits per heavy atom. The maximum Gasteiger partial charge on any atom is 0.231 e. The Bertz CT molecular complexity index is 1040. The number of anilines is 1. The molecule has 6 nitrogen and oxygen atoms in total. The number of fused-ring (bicyclic) bond motifs is 1. The monoisotopic (exact) mass is 395 g/mol. The molecule has 1 aliphatic heterocycles. The van der Waals surface area contributed by atoms with E-state index < -0.39 is 0 Å². The number of imidazole rings is 1. The molecule has 1 aliphatic rings. The average Bonchev–Trinajstić information content (AvgIpc) is 3.13. The molecule has 2 heterocycles. The number of nitrogens with one attached hydrogen (secondary N) is 1. The number of carbonyl (C=O) groups excluding carboxylic acids is 2. The van der Waals surface area contributed by atoms with Gasteiger partial charge in [0.05, 0.1) is 5.92 Å². The highest BCUT2D eigenvalue weighted by Crippen LogP contribution is 2.30. The van der Waals surface area contributed by atoms with Crippen molar-refractivity contribution in [2.75, 3.05) is 11.9 Å². The molecule has 2 aromatic carbocycles. The van der Waals surface area contributed by atoms with Crippen LogP contribution >= 0.6 is 11.6 Å². The molecule has 142 valence electrons. The third kappa shape index (κ3) is 3.64. The first-order valence-electron chi connectivity index (χ1n) is 8.85. The van der Waals surface area contributed by atoms with Crippen LogP contribution in [0.5, 0.6) is 5.75 Å².